The maximum Gasteiger partial charge on any atom is 0.408 e. The van der Waals surface area contributed by atoms with E-state index < -0.39 is 73.3 Å². The summed E-state index contributed by atoms with van der Waals surface area (Å²) < 4.78 is 40.1. The Balaban J connectivity index is 1.13. The highest BCUT2D eigenvalue weighted by molar-refractivity contribution is 7.91. The van der Waals surface area contributed by atoms with E-state index in [0.29, 0.717) is 56.4 Å². The molecule has 3 aliphatic carbocycles. The topological polar surface area (TPSA) is 173 Å². The molecule has 284 valence electrons. The van der Waals surface area contributed by atoms with Crippen LogP contribution < -0.4 is 20.1 Å². The minimum absolute atomic E-state index is 0.0792. The SMILES string of the molecule is Cc1nc2ccccc2c2c1O[C@]1(CC2)C[C@H]2C(=O)N[C@]3(C(=O)NS(=O)(=O)C4(C)CC4)C[C@H]3/C=C\CCCCC[C@H](NC(=O)OC3(C)CC3)C(=O)N2C1. The smallest absolute Gasteiger partial charge is 0.408 e. The molecule has 3 saturated carbocycles. The average molecular weight is 748 g/mol. The van der Waals surface area contributed by atoms with E-state index >= 15 is 0 Å². The second-order valence-corrected chi connectivity index (χ2v) is 18.9. The molecule has 14 heteroatoms. The van der Waals surface area contributed by atoms with Crippen LogP contribution in [-0.2, 0) is 35.6 Å². The van der Waals surface area contributed by atoms with E-state index in [1.54, 1.807) is 6.92 Å². The Bertz CT molecular complexity index is 2030. The molecule has 3 N–H and O–H groups in total. The number of alkyl carbamates (subject to hydrolysis) is 1. The van der Waals surface area contributed by atoms with Gasteiger partial charge >= 0.3 is 6.09 Å². The van der Waals surface area contributed by atoms with Crippen LogP contribution in [0.15, 0.2) is 36.4 Å². The zero-order valence-corrected chi connectivity index (χ0v) is 31.5. The van der Waals surface area contributed by atoms with Crippen LogP contribution in [0.4, 0.5) is 4.79 Å². The van der Waals surface area contributed by atoms with Gasteiger partial charge in [0.25, 0.3) is 5.91 Å². The Hall–Kier alpha value is -4.20. The molecule has 5 atom stereocenters. The minimum Gasteiger partial charge on any atom is -0.483 e. The van der Waals surface area contributed by atoms with Gasteiger partial charge in [0.05, 0.1) is 22.5 Å². The number of nitrogens with zero attached hydrogens (tertiary/aromatic N) is 2. The molecule has 1 saturated heterocycles. The van der Waals surface area contributed by atoms with E-state index in [1.165, 1.54) is 4.90 Å². The van der Waals surface area contributed by atoms with Gasteiger partial charge in [-0.25, -0.2) is 18.2 Å². The summed E-state index contributed by atoms with van der Waals surface area (Å²) in [6.45, 7) is 5.43. The molecular formula is C39H49N5O8S. The van der Waals surface area contributed by atoms with Gasteiger partial charge in [-0.15, -0.1) is 0 Å². The Morgan fingerprint density at radius 2 is 1.81 bits per heavy atom. The fourth-order valence-electron chi connectivity index (χ4n) is 8.32. The molecule has 8 rings (SSSR count). The molecule has 2 aromatic rings. The largest absolute Gasteiger partial charge is 0.483 e. The Labute approximate surface area is 310 Å². The van der Waals surface area contributed by atoms with Gasteiger partial charge in [0.1, 0.15) is 34.6 Å². The first kappa shape index (κ1) is 35.8. The van der Waals surface area contributed by atoms with Gasteiger partial charge in [-0.05, 0) is 91.0 Å². The molecule has 0 unspecified atom stereocenters. The fraction of sp³-hybridized carbons (Fsp3) is 0.615. The average Bonchev–Trinajstić information content (AvgIpc) is 4.07. The molecule has 4 fully saturated rings. The lowest BCUT2D eigenvalue weighted by Gasteiger charge is -2.36. The van der Waals surface area contributed by atoms with Crippen molar-refractivity contribution in [2.75, 3.05) is 6.54 Å². The molecular weight excluding hydrogens is 699 g/mol. The number of aromatic nitrogens is 1. The van der Waals surface area contributed by atoms with Crippen LogP contribution in [-0.4, -0.2) is 82.2 Å². The molecule has 4 heterocycles. The second kappa shape index (κ2) is 12.7. The van der Waals surface area contributed by atoms with Gasteiger partial charge < -0.3 is 25.0 Å². The van der Waals surface area contributed by atoms with Gasteiger partial charge in [0.2, 0.25) is 21.8 Å². The van der Waals surface area contributed by atoms with E-state index in [-0.39, 0.29) is 19.4 Å². The number of fused-ring (bicyclic) bond motifs is 5. The summed E-state index contributed by atoms with van der Waals surface area (Å²) in [5, 5.41) is 6.78. The van der Waals surface area contributed by atoms with Crippen LogP contribution >= 0.6 is 0 Å². The van der Waals surface area contributed by atoms with Crippen molar-refractivity contribution < 1.29 is 37.1 Å². The maximum atomic E-state index is 14.7. The lowest BCUT2D eigenvalue weighted by Crippen LogP contribution is -2.58. The summed E-state index contributed by atoms with van der Waals surface area (Å²) in [6.07, 6.45) is 10.5. The number of ether oxygens (including phenoxy) is 2. The number of rotatable bonds is 5. The van der Waals surface area contributed by atoms with Crippen LogP contribution in [0.25, 0.3) is 10.9 Å². The number of nitrogens with one attached hydrogen (secondary N) is 3. The van der Waals surface area contributed by atoms with Crippen molar-refractivity contribution in [2.24, 2.45) is 5.92 Å². The Kier molecular flexibility index (Phi) is 8.58. The number of carbonyl (C=O) groups excluding carboxylic acids is 4. The predicted molar refractivity (Wildman–Crippen MR) is 195 cm³/mol. The lowest BCUT2D eigenvalue weighted by atomic mass is 9.87. The number of hydrogen-bond donors (Lipinski definition) is 3. The Morgan fingerprint density at radius 1 is 1.04 bits per heavy atom. The van der Waals surface area contributed by atoms with Crippen molar-refractivity contribution in [3.63, 3.8) is 0 Å². The first-order chi connectivity index (χ1) is 25.2. The summed E-state index contributed by atoms with van der Waals surface area (Å²) in [6, 6.07) is 5.88. The molecule has 0 bridgehead atoms. The second-order valence-electron chi connectivity index (χ2n) is 16.8. The van der Waals surface area contributed by atoms with Crippen LogP contribution in [0.1, 0.15) is 102 Å². The zero-order valence-electron chi connectivity index (χ0n) is 30.7. The van der Waals surface area contributed by atoms with Crippen LogP contribution in [0.2, 0.25) is 0 Å². The first-order valence-corrected chi connectivity index (χ1v) is 20.6. The number of amides is 4. The van der Waals surface area contributed by atoms with E-state index in [0.717, 1.165) is 42.1 Å². The third-order valence-corrected chi connectivity index (χ3v) is 14.6. The summed E-state index contributed by atoms with van der Waals surface area (Å²) in [5.74, 6) is -1.53. The van der Waals surface area contributed by atoms with Crippen LogP contribution in [0.3, 0.4) is 0 Å². The molecule has 3 aliphatic heterocycles. The molecule has 1 spiro atoms. The highest BCUT2D eigenvalue weighted by atomic mass is 32.2. The number of carbonyl (C=O) groups is 4. The quantitative estimate of drug-likeness (QED) is 0.378. The first-order valence-electron chi connectivity index (χ1n) is 19.1. The van der Waals surface area contributed by atoms with Gasteiger partial charge in [0.15, 0.2) is 0 Å². The highest BCUT2D eigenvalue weighted by Gasteiger charge is 2.64. The van der Waals surface area contributed by atoms with Gasteiger partial charge in [-0.3, -0.25) is 19.1 Å². The number of para-hydroxylation sites is 1. The number of allylic oxidation sites excluding steroid dienone is 1. The molecule has 4 amide bonds. The zero-order chi connectivity index (χ0) is 37.4. The molecule has 1 aromatic carbocycles. The van der Waals surface area contributed by atoms with Crippen molar-refractivity contribution in [2.45, 2.75) is 138 Å². The van der Waals surface area contributed by atoms with Gasteiger partial charge in [-0.2, -0.15) is 0 Å². The van der Waals surface area contributed by atoms with E-state index in [1.807, 2.05) is 50.3 Å². The summed E-state index contributed by atoms with van der Waals surface area (Å²) in [7, 11) is -3.97. The van der Waals surface area contributed by atoms with Crippen molar-refractivity contribution >= 4 is 44.7 Å². The normalized spacial score (nSPS) is 32.1. The molecule has 6 aliphatic rings. The van der Waals surface area contributed by atoms with Crippen LogP contribution in [0.5, 0.6) is 5.75 Å². The van der Waals surface area contributed by atoms with E-state index in [2.05, 4.69) is 15.4 Å². The third kappa shape index (κ3) is 6.65. The van der Waals surface area contributed by atoms with Crippen molar-refractivity contribution in [1.29, 1.82) is 0 Å². The maximum absolute atomic E-state index is 14.7. The number of pyridine rings is 1. The number of benzene rings is 1. The molecule has 0 radical (unpaired) electrons. The van der Waals surface area contributed by atoms with E-state index in [9.17, 15) is 27.6 Å². The number of sulfonamides is 1. The molecule has 13 nitrogen and oxygen atoms in total. The van der Waals surface area contributed by atoms with Gasteiger partial charge in [0, 0.05) is 23.3 Å². The van der Waals surface area contributed by atoms with Crippen molar-refractivity contribution in [3.8, 4) is 5.75 Å². The molecule has 53 heavy (non-hydrogen) atoms. The van der Waals surface area contributed by atoms with Crippen molar-refractivity contribution in [1.82, 2.24) is 25.2 Å². The standard InChI is InChI=1S/C39H49N5O8S/c1-24-31-27(26-12-9-10-13-28(26)40-24)15-16-38(51-31)22-30-32(45)42-39(34(47)43-53(49,50)37(3)19-20-37)21-25(39)11-7-5-4-6-8-14-29(33(46)44(30)23-38)41-35(48)52-36(2)17-18-36/h7,9-13,25,29-30H,4-6,8,14-23H2,1-3H3,(H,41,48)(H,42,45)(H,43,47)/b11-7-/t25-,29+,30+,38-,39-/m1/s1. The van der Waals surface area contributed by atoms with E-state index in [4.69, 9.17) is 14.5 Å². The number of hydrogen-bond acceptors (Lipinski definition) is 9. The fourth-order valence-corrected chi connectivity index (χ4v) is 9.63. The minimum atomic E-state index is -3.97. The predicted octanol–water partition coefficient (Wildman–Crippen LogP) is 4.25. The van der Waals surface area contributed by atoms with Crippen LogP contribution in [0, 0.1) is 12.8 Å². The third-order valence-electron chi connectivity index (χ3n) is 12.5. The van der Waals surface area contributed by atoms with Gasteiger partial charge in [-0.1, -0.05) is 43.2 Å². The molecule has 1 aromatic heterocycles. The Morgan fingerprint density at radius 3 is 2.57 bits per heavy atom. The van der Waals surface area contributed by atoms with Crippen molar-refractivity contribution in [3.05, 3.63) is 47.7 Å². The summed E-state index contributed by atoms with van der Waals surface area (Å²) >= 11 is 0. The monoisotopic (exact) mass is 747 g/mol. The highest BCUT2D eigenvalue weighted by Crippen LogP contribution is 2.49. The summed E-state index contributed by atoms with van der Waals surface area (Å²) in [4.78, 5) is 62.6. The number of aryl methyl sites for hydroxylation is 2. The lowest BCUT2D eigenvalue weighted by molar-refractivity contribution is -0.141. The summed E-state index contributed by atoms with van der Waals surface area (Å²) in [5.41, 5.74) is -0.367.